The monoisotopic (exact) mass is 808 g/mol. The summed E-state index contributed by atoms with van der Waals surface area (Å²) in [6, 6.07) is 11.2. The summed E-state index contributed by atoms with van der Waals surface area (Å²) in [5.74, 6) is -3.81. The molecule has 56 heavy (non-hydrogen) atoms. The molecule has 1 aliphatic heterocycles. The topological polar surface area (TPSA) is 223 Å². The number of benzene rings is 3. The van der Waals surface area contributed by atoms with Crippen molar-refractivity contribution in [2.24, 2.45) is 11.8 Å². The molecule has 0 saturated carbocycles. The minimum atomic E-state index is -4.18. The number of halogens is 1. The summed E-state index contributed by atoms with van der Waals surface area (Å²) in [5, 5.41) is 8.26. The van der Waals surface area contributed by atoms with Crippen LogP contribution in [0.25, 0.3) is 11.1 Å². The van der Waals surface area contributed by atoms with Crippen molar-refractivity contribution >= 4 is 73.9 Å². The SMILES string of the molecule is COC(=O)c1ccc2oc(C(=O)C(NC(=O)[C@@H]3CCCN3C(=O)[C@@H](NC(=O)c3ccc(NC(=O)NS(=O)(=O)c4ccc(Cl)cc4)cc3)C(C)C)C(C)C)nc2c1. The molecule has 1 aromatic heterocycles. The van der Waals surface area contributed by atoms with Crippen LogP contribution in [0, 0.1) is 11.8 Å². The van der Waals surface area contributed by atoms with E-state index < -0.39 is 69.6 Å². The number of nitrogens with zero attached hydrogens (tertiary/aromatic N) is 2. The van der Waals surface area contributed by atoms with Gasteiger partial charge in [0.1, 0.15) is 17.6 Å². The number of ketones is 1. The third-order valence-corrected chi connectivity index (χ3v) is 10.7. The normalized spacial score (nSPS) is 15.3. The van der Waals surface area contributed by atoms with E-state index in [1.807, 2.05) is 4.72 Å². The average molecular weight is 809 g/mol. The molecule has 0 bridgehead atoms. The number of fused-ring (bicyclic) bond motifs is 1. The third-order valence-electron chi connectivity index (χ3n) is 9.08. The van der Waals surface area contributed by atoms with Crippen molar-refractivity contribution in [2.45, 2.75) is 63.6 Å². The Morgan fingerprint density at radius 3 is 2.14 bits per heavy atom. The van der Waals surface area contributed by atoms with Gasteiger partial charge in [-0.1, -0.05) is 39.3 Å². The maximum absolute atomic E-state index is 13.9. The van der Waals surface area contributed by atoms with Gasteiger partial charge in [0.05, 0.1) is 23.6 Å². The van der Waals surface area contributed by atoms with Crippen molar-refractivity contribution in [1.29, 1.82) is 0 Å². The van der Waals surface area contributed by atoms with E-state index in [0.717, 1.165) is 0 Å². The molecule has 1 saturated heterocycles. The van der Waals surface area contributed by atoms with Gasteiger partial charge in [0.15, 0.2) is 5.58 Å². The number of amides is 5. The van der Waals surface area contributed by atoms with E-state index in [4.69, 9.17) is 20.8 Å². The number of Topliss-reactive ketones (excluding diaryl/α,β-unsaturated/α-hetero) is 1. The lowest BCUT2D eigenvalue weighted by Crippen LogP contribution is -2.57. The molecule has 1 fully saturated rings. The number of ether oxygens (including phenoxy) is 1. The number of anilines is 1. The number of likely N-dealkylation sites (tertiary alicyclic amines) is 1. The van der Waals surface area contributed by atoms with Gasteiger partial charge in [-0.25, -0.2) is 27.7 Å². The third kappa shape index (κ3) is 9.52. The summed E-state index contributed by atoms with van der Waals surface area (Å²) in [6.07, 6.45) is 0.844. The molecule has 1 aliphatic rings. The molecule has 0 aliphatic carbocycles. The van der Waals surface area contributed by atoms with Gasteiger partial charge in [-0.3, -0.25) is 19.2 Å². The number of sulfonamides is 1. The number of oxazole rings is 1. The lowest BCUT2D eigenvalue weighted by atomic mass is 9.98. The molecule has 2 heterocycles. The van der Waals surface area contributed by atoms with Crippen LogP contribution in [0.2, 0.25) is 5.02 Å². The smallest absolute Gasteiger partial charge is 0.337 e. The number of methoxy groups -OCH3 is 1. The Morgan fingerprint density at radius 2 is 1.52 bits per heavy atom. The molecule has 0 spiro atoms. The fraction of sp³-hybridized carbons (Fsp3) is 0.342. The number of carbonyl (C=O) groups excluding carboxylic acids is 6. The van der Waals surface area contributed by atoms with Crippen LogP contribution in [0.15, 0.2) is 76.0 Å². The number of aromatic nitrogens is 1. The molecule has 0 radical (unpaired) electrons. The number of urea groups is 1. The summed E-state index contributed by atoms with van der Waals surface area (Å²) in [7, 11) is -2.93. The van der Waals surface area contributed by atoms with Crippen molar-refractivity contribution in [3.8, 4) is 0 Å². The zero-order valence-electron chi connectivity index (χ0n) is 31.1. The van der Waals surface area contributed by atoms with Crippen LogP contribution in [0.1, 0.15) is 71.9 Å². The second-order valence-electron chi connectivity index (χ2n) is 13.8. The van der Waals surface area contributed by atoms with Gasteiger partial charge in [0, 0.05) is 22.8 Å². The quantitative estimate of drug-likeness (QED) is 0.108. The minimum absolute atomic E-state index is 0.151. The van der Waals surface area contributed by atoms with Crippen molar-refractivity contribution in [3.63, 3.8) is 0 Å². The Morgan fingerprint density at radius 1 is 0.875 bits per heavy atom. The molecule has 16 nitrogen and oxygen atoms in total. The van der Waals surface area contributed by atoms with Gasteiger partial charge in [0.2, 0.25) is 17.6 Å². The molecular weight excluding hydrogens is 768 g/mol. The maximum atomic E-state index is 13.9. The predicted molar refractivity (Wildman–Crippen MR) is 205 cm³/mol. The number of rotatable bonds is 13. The van der Waals surface area contributed by atoms with E-state index in [1.54, 1.807) is 27.7 Å². The summed E-state index contributed by atoms with van der Waals surface area (Å²) < 4.78 is 37.3. The standard InChI is InChI=1S/C38H41ClN6O10S/c1-20(2)30(32(46)35-41-27-19-23(37(50)54-5)10-17-29(27)55-35)42-34(48)28-7-6-18-45(28)36(49)31(21(3)4)43-33(47)22-8-13-25(14-9-22)40-38(51)44-56(52,53)26-15-11-24(39)12-16-26/h8-17,19-21,28,30-31H,6-7,18H2,1-5H3,(H,42,48)(H,43,47)(H2,40,44,51)/t28-,30?,31-/m0/s1. The van der Waals surface area contributed by atoms with E-state index in [1.165, 1.54) is 78.7 Å². The van der Waals surface area contributed by atoms with Crippen LogP contribution < -0.4 is 20.7 Å². The Hall–Kier alpha value is -5.81. The predicted octanol–water partition coefficient (Wildman–Crippen LogP) is 4.55. The van der Waals surface area contributed by atoms with E-state index in [0.29, 0.717) is 17.9 Å². The number of hydrogen-bond donors (Lipinski definition) is 4. The molecule has 18 heteroatoms. The van der Waals surface area contributed by atoms with Crippen LogP contribution in [0.4, 0.5) is 10.5 Å². The molecular formula is C38H41ClN6O10S. The van der Waals surface area contributed by atoms with Gasteiger partial charge in [-0.05, 0) is 91.4 Å². The zero-order chi connectivity index (χ0) is 40.9. The van der Waals surface area contributed by atoms with Crippen LogP contribution in [0.5, 0.6) is 0 Å². The second kappa shape index (κ2) is 17.3. The number of esters is 1. The summed E-state index contributed by atoms with van der Waals surface area (Å²) >= 11 is 5.81. The fourth-order valence-corrected chi connectivity index (χ4v) is 7.10. The first kappa shape index (κ1) is 41.4. The number of nitrogens with one attached hydrogen (secondary N) is 4. The highest BCUT2D eigenvalue weighted by molar-refractivity contribution is 7.90. The highest BCUT2D eigenvalue weighted by Gasteiger charge is 2.40. The van der Waals surface area contributed by atoms with Crippen molar-refractivity contribution in [3.05, 3.63) is 88.8 Å². The Labute approximate surface area is 327 Å². The zero-order valence-corrected chi connectivity index (χ0v) is 32.7. The lowest BCUT2D eigenvalue weighted by molar-refractivity contribution is -0.140. The number of carbonyl (C=O) groups is 6. The highest BCUT2D eigenvalue weighted by Crippen LogP contribution is 2.24. The Bertz CT molecular complexity index is 2260. The summed E-state index contributed by atoms with van der Waals surface area (Å²) in [5.41, 5.74) is 1.09. The van der Waals surface area contributed by atoms with E-state index in [-0.39, 0.29) is 51.2 Å². The van der Waals surface area contributed by atoms with E-state index >= 15 is 0 Å². The van der Waals surface area contributed by atoms with Crippen LogP contribution in [-0.4, -0.2) is 85.6 Å². The molecule has 296 valence electrons. The van der Waals surface area contributed by atoms with Crippen molar-refractivity contribution in [1.82, 2.24) is 25.2 Å². The average Bonchev–Trinajstić information content (AvgIpc) is 3.83. The highest BCUT2D eigenvalue weighted by atomic mass is 35.5. The molecule has 3 atom stereocenters. The first-order valence-electron chi connectivity index (χ1n) is 17.6. The number of hydrogen-bond acceptors (Lipinski definition) is 11. The second-order valence-corrected chi connectivity index (χ2v) is 15.9. The fourth-order valence-electron chi connectivity index (χ4n) is 6.07. The first-order valence-corrected chi connectivity index (χ1v) is 19.5. The first-order chi connectivity index (χ1) is 26.5. The summed E-state index contributed by atoms with van der Waals surface area (Å²) in [6.45, 7) is 7.24. The molecule has 4 aromatic rings. The van der Waals surface area contributed by atoms with Crippen LogP contribution >= 0.6 is 11.6 Å². The van der Waals surface area contributed by atoms with Gasteiger partial charge in [-0.2, -0.15) is 0 Å². The lowest BCUT2D eigenvalue weighted by Gasteiger charge is -2.31. The van der Waals surface area contributed by atoms with Gasteiger partial charge < -0.3 is 30.0 Å². The molecule has 1 unspecified atom stereocenters. The molecule has 5 rings (SSSR count). The van der Waals surface area contributed by atoms with Crippen LogP contribution in [0.3, 0.4) is 0 Å². The minimum Gasteiger partial charge on any atom is -0.465 e. The van der Waals surface area contributed by atoms with Crippen molar-refractivity contribution < 1.29 is 46.3 Å². The molecule has 3 aromatic carbocycles. The Balaban J connectivity index is 1.22. The van der Waals surface area contributed by atoms with Gasteiger partial charge >= 0.3 is 12.0 Å². The van der Waals surface area contributed by atoms with Gasteiger partial charge in [-0.15, -0.1) is 0 Å². The largest absolute Gasteiger partial charge is 0.465 e. The molecule has 4 N–H and O–H groups in total. The molecule has 5 amide bonds. The van der Waals surface area contributed by atoms with Crippen LogP contribution in [-0.2, 0) is 24.3 Å². The maximum Gasteiger partial charge on any atom is 0.337 e. The van der Waals surface area contributed by atoms with E-state index in [2.05, 4.69) is 20.9 Å². The van der Waals surface area contributed by atoms with E-state index in [9.17, 15) is 37.2 Å². The summed E-state index contributed by atoms with van der Waals surface area (Å²) in [4.78, 5) is 84.5. The van der Waals surface area contributed by atoms with Crippen molar-refractivity contribution in [2.75, 3.05) is 19.0 Å². The Kier molecular flexibility index (Phi) is 12.8. The van der Waals surface area contributed by atoms with Gasteiger partial charge in [0.25, 0.3) is 21.8 Å².